The van der Waals surface area contributed by atoms with E-state index in [9.17, 15) is 4.39 Å². The maximum Gasteiger partial charge on any atom is 0.141 e. The molecule has 2 N–H and O–H groups in total. The molecular weight excluding hydrogens is 235 g/mol. The van der Waals surface area contributed by atoms with Crippen molar-refractivity contribution in [2.45, 2.75) is 0 Å². The van der Waals surface area contributed by atoms with Crippen molar-refractivity contribution in [1.82, 2.24) is 4.98 Å². The summed E-state index contributed by atoms with van der Waals surface area (Å²) in [5.74, 6) is -0.385. The Morgan fingerprint density at radius 1 is 1.46 bits per heavy atom. The third kappa shape index (κ3) is 1.27. The van der Waals surface area contributed by atoms with E-state index in [2.05, 4.69) is 20.9 Å². The van der Waals surface area contributed by atoms with Crippen LogP contribution < -0.4 is 5.73 Å². The number of hydrogen-bond acceptors (Lipinski definition) is 2. The first kappa shape index (κ1) is 8.44. The van der Waals surface area contributed by atoms with Gasteiger partial charge in [-0.1, -0.05) is 0 Å². The van der Waals surface area contributed by atoms with Crippen LogP contribution in [0.15, 0.2) is 28.9 Å². The number of aromatic nitrogens is 1. The molecule has 1 aromatic carbocycles. The van der Waals surface area contributed by atoms with Crippen LogP contribution >= 0.6 is 15.9 Å². The second-order valence-corrected chi connectivity index (χ2v) is 3.45. The Bertz CT molecular complexity index is 470. The van der Waals surface area contributed by atoms with Crippen molar-refractivity contribution in [2.24, 2.45) is 0 Å². The number of hydrogen-bond donors (Lipinski definition) is 1. The van der Waals surface area contributed by atoms with Gasteiger partial charge < -0.3 is 5.73 Å². The van der Waals surface area contributed by atoms with Crippen LogP contribution in [0.3, 0.4) is 0 Å². The summed E-state index contributed by atoms with van der Waals surface area (Å²) in [5.41, 5.74) is 6.59. The zero-order valence-corrected chi connectivity index (χ0v) is 8.18. The summed E-state index contributed by atoms with van der Waals surface area (Å²) < 4.78 is 13.5. The second kappa shape index (κ2) is 2.96. The van der Waals surface area contributed by atoms with E-state index < -0.39 is 0 Å². The lowest BCUT2D eigenvalue weighted by Crippen LogP contribution is -1.92. The van der Waals surface area contributed by atoms with Crippen LogP contribution in [0.5, 0.6) is 0 Å². The maximum absolute atomic E-state index is 13.1. The van der Waals surface area contributed by atoms with Crippen LogP contribution in [0.4, 0.5) is 10.1 Å². The van der Waals surface area contributed by atoms with Crippen LogP contribution in [0.2, 0.25) is 0 Å². The summed E-state index contributed by atoms with van der Waals surface area (Å²) in [6.07, 6.45) is 1.60. The van der Waals surface area contributed by atoms with E-state index >= 15 is 0 Å². The summed E-state index contributed by atoms with van der Waals surface area (Å²) >= 11 is 3.12. The van der Waals surface area contributed by atoms with E-state index in [1.165, 1.54) is 6.07 Å². The zero-order valence-electron chi connectivity index (χ0n) is 6.59. The highest BCUT2D eigenvalue weighted by atomic mass is 79.9. The number of pyridine rings is 1. The highest BCUT2D eigenvalue weighted by molar-refractivity contribution is 9.10. The largest absolute Gasteiger partial charge is 0.398 e. The van der Waals surface area contributed by atoms with Crippen LogP contribution in [-0.4, -0.2) is 4.98 Å². The molecule has 1 heterocycles. The number of nitrogens with zero attached hydrogens (tertiary/aromatic N) is 1. The standard InChI is InChI=1S/C9H6BrFN2/c10-8-6(11)4-7(12)5-2-1-3-13-9(5)8/h1-4H,12H2. The topological polar surface area (TPSA) is 38.9 Å². The molecule has 0 aliphatic rings. The molecular formula is C9H6BrFN2. The third-order valence-corrected chi connectivity index (χ3v) is 2.57. The van der Waals surface area contributed by atoms with Gasteiger partial charge in [-0.2, -0.15) is 0 Å². The third-order valence-electron chi connectivity index (χ3n) is 1.82. The minimum absolute atomic E-state index is 0.359. The van der Waals surface area contributed by atoms with Crippen LogP contribution in [0.1, 0.15) is 0 Å². The van der Waals surface area contributed by atoms with E-state index in [1.807, 2.05) is 6.07 Å². The average Bonchev–Trinajstić information content (AvgIpc) is 2.15. The Hall–Kier alpha value is -1.16. The lowest BCUT2D eigenvalue weighted by molar-refractivity contribution is 0.623. The summed E-state index contributed by atoms with van der Waals surface area (Å²) in [6.45, 7) is 0. The minimum Gasteiger partial charge on any atom is -0.398 e. The number of benzene rings is 1. The lowest BCUT2D eigenvalue weighted by atomic mass is 10.2. The molecule has 13 heavy (non-hydrogen) atoms. The van der Waals surface area contributed by atoms with E-state index in [0.717, 1.165) is 5.39 Å². The molecule has 0 saturated carbocycles. The van der Waals surface area contributed by atoms with E-state index in [1.54, 1.807) is 12.3 Å². The van der Waals surface area contributed by atoms with Gasteiger partial charge in [0.2, 0.25) is 0 Å². The average molecular weight is 241 g/mol. The van der Waals surface area contributed by atoms with Gasteiger partial charge in [-0.25, -0.2) is 4.39 Å². The van der Waals surface area contributed by atoms with Crippen molar-refractivity contribution in [1.29, 1.82) is 0 Å². The number of fused-ring (bicyclic) bond motifs is 1. The van der Waals surface area contributed by atoms with Crippen molar-refractivity contribution < 1.29 is 4.39 Å². The van der Waals surface area contributed by atoms with Crippen LogP contribution in [0.25, 0.3) is 10.9 Å². The van der Waals surface area contributed by atoms with E-state index in [0.29, 0.717) is 15.7 Å². The molecule has 0 fully saturated rings. The predicted molar refractivity (Wildman–Crippen MR) is 53.8 cm³/mol. The first-order valence-corrected chi connectivity index (χ1v) is 4.47. The Balaban J connectivity index is 2.97. The summed E-state index contributed by atoms with van der Waals surface area (Å²) in [5, 5.41) is 0.760. The Kier molecular flexibility index (Phi) is 1.92. The number of nitrogens with two attached hydrogens (primary N) is 1. The Morgan fingerprint density at radius 2 is 2.23 bits per heavy atom. The fourth-order valence-corrected chi connectivity index (χ4v) is 1.63. The highest BCUT2D eigenvalue weighted by Crippen LogP contribution is 2.29. The summed E-state index contributed by atoms with van der Waals surface area (Å²) in [6, 6.07) is 4.86. The molecule has 0 spiro atoms. The van der Waals surface area contributed by atoms with Gasteiger partial charge >= 0.3 is 0 Å². The van der Waals surface area contributed by atoms with Crippen LogP contribution in [-0.2, 0) is 0 Å². The molecule has 0 radical (unpaired) electrons. The fraction of sp³-hybridized carbons (Fsp3) is 0. The van der Waals surface area contributed by atoms with Crippen molar-refractivity contribution in [2.75, 3.05) is 5.73 Å². The molecule has 1 aromatic heterocycles. The molecule has 0 aliphatic carbocycles. The lowest BCUT2D eigenvalue weighted by Gasteiger charge is -2.03. The molecule has 2 rings (SSSR count). The molecule has 0 bridgehead atoms. The van der Waals surface area contributed by atoms with Crippen LogP contribution in [0, 0.1) is 5.82 Å². The molecule has 0 amide bonds. The van der Waals surface area contributed by atoms with Crippen molar-refractivity contribution in [3.05, 3.63) is 34.7 Å². The Morgan fingerprint density at radius 3 is 3.00 bits per heavy atom. The number of anilines is 1. The molecule has 0 atom stereocenters. The normalized spacial score (nSPS) is 10.6. The van der Waals surface area contributed by atoms with E-state index in [4.69, 9.17) is 5.73 Å². The SMILES string of the molecule is Nc1cc(F)c(Br)c2ncccc12. The minimum atomic E-state index is -0.385. The summed E-state index contributed by atoms with van der Waals surface area (Å²) in [7, 11) is 0. The first-order valence-electron chi connectivity index (χ1n) is 3.68. The molecule has 2 nitrogen and oxygen atoms in total. The molecule has 0 unspecified atom stereocenters. The van der Waals surface area contributed by atoms with Gasteiger partial charge in [0.15, 0.2) is 0 Å². The van der Waals surface area contributed by atoms with Gasteiger partial charge in [-0.15, -0.1) is 0 Å². The molecule has 0 aliphatic heterocycles. The number of nitrogen functional groups attached to an aromatic ring is 1. The molecule has 4 heteroatoms. The van der Waals surface area contributed by atoms with E-state index in [-0.39, 0.29) is 5.82 Å². The Labute approximate surface area is 82.7 Å². The smallest absolute Gasteiger partial charge is 0.141 e. The zero-order chi connectivity index (χ0) is 9.42. The van der Waals surface area contributed by atoms with Crippen molar-refractivity contribution in [3.8, 4) is 0 Å². The van der Waals surface area contributed by atoms with Crippen molar-refractivity contribution >= 4 is 32.5 Å². The van der Waals surface area contributed by atoms with Gasteiger partial charge in [0.1, 0.15) is 5.82 Å². The quantitative estimate of drug-likeness (QED) is 0.720. The molecule has 2 aromatic rings. The summed E-state index contributed by atoms with van der Waals surface area (Å²) in [4.78, 5) is 4.04. The first-order chi connectivity index (χ1) is 6.20. The van der Waals surface area contributed by atoms with Crippen molar-refractivity contribution in [3.63, 3.8) is 0 Å². The highest BCUT2D eigenvalue weighted by Gasteiger charge is 2.08. The molecule has 0 saturated heterocycles. The van der Waals surface area contributed by atoms with Gasteiger partial charge in [-0.05, 0) is 34.1 Å². The predicted octanol–water partition coefficient (Wildman–Crippen LogP) is 2.72. The fourth-order valence-electron chi connectivity index (χ4n) is 1.20. The number of rotatable bonds is 0. The maximum atomic E-state index is 13.1. The van der Waals surface area contributed by atoms with Gasteiger partial charge in [0.25, 0.3) is 0 Å². The van der Waals surface area contributed by atoms with Gasteiger partial charge in [-0.3, -0.25) is 4.98 Å². The monoisotopic (exact) mass is 240 g/mol. The molecule has 66 valence electrons. The van der Waals surface area contributed by atoms with Gasteiger partial charge in [0, 0.05) is 17.3 Å². The number of halogens is 2. The van der Waals surface area contributed by atoms with Gasteiger partial charge in [0.05, 0.1) is 9.99 Å². The second-order valence-electron chi connectivity index (χ2n) is 2.66.